The quantitative estimate of drug-likeness (QED) is 0.672. The fourth-order valence-electron chi connectivity index (χ4n) is 3.50. The summed E-state index contributed by atoms with van der Waals surface area (Å²) < 4.78 is 0. The van der Waals surface area contributed by atoms with E-state index in [1.54, 1.807) is 0 Å². The molecule has 0 saturated carbocycles. The maximum Gasteiger partial charge on any atom is 0.129 e. The average Bonchev–Trinajstić information content (AvgIpc) is 2.61. The second-order valence-electron chi connectivity index (χ2n) is 6.57. The Morgan fingerprint density at radius 3 is 2.62 bits per heavy atom. The standard InChI is InChI=1S/C21H19ClN2/c1-3-14-13-18(22)24-19-16(14)9-11-21(2)12-10-17(23-20(19)21)15-7-5-4-6-8-15/h4-13,20H,3H2,1-2H3. The van der Waals surface area contributed by atoms with Crippen LogP contribution in [0.15, 0.2) is 59.6 Å². The van der Waals surface area contributed by atoms with Crippen LogP contribution in [0, 0.1) is 5.41 Å². The zero-order valence-corrected chi connectivity index (χ0v) is 14.6. The summed E-state index contributed by atoms with van der Waals surface area (Å²) in [6.07, 6.45) is 9.72. The Morgan fingerprint density at radius 1 is 1.12 bits per heavy atom. The predicted octanol–water partition coefficient (Wildman–Crippen LogP) is 5.43. The first-order chi connectivity index (χ1) is 11.6. The highest BCUT2D eigenvalue weighted by Crippen LogP contribution is 2.47. The highest BCUT2D eigenvalue weighted by molar-refractivity contribution is 6.29. The summed E-state index contributed by atoms with van der Waals surface area (Å²) >= 11 is 6.29. The van der Waals surface area contributed by atoms with Gasteiger partial charge in [0.15, 0.2) is 0 Å². The van der Waals surface area contributed by atoms with Gasteiger partial charge in [-0.05, 0) is 29.7 Å². The molecular weight excluding hydrogens is 316 g/mol. The van der Waals surface area contributed by atoms with Crippen molar-refractivity contribution in [2.75, 3.05) is 0 Å². The predicted molar refractivity (Wildman–Crippen MR) is 101 cm³/mol. The van der Waals surface area contributed by atoms with Crippen molar-refractivity contribution in [3.8, 4) is 0 Å². The normalized spacial score (nSPS) is 24.3. The maximum absolute atomic E-state index is 6.29. The van der Waals surface area contributed by atoms with Crippen LogP contribution in [0.25, 0.3) is 6.08 Å². The van der Waals surface area contributed by atoms with Crippen LogP contribution in [-0.4, -0.2) is 10.7 Å². The Morgan fingerprint density at radius 2 is 1.88 bits per heavy atom. The molecule has 2 heterocycles. The van der Waals surface area contributed by atoms with E-state index in [-0.39, 0.29) is 11.5 Å². The van der Waals surface area contributed by atoms with Gasteiger partial charge in [0, 0.05) is 11.0 Å². The van der Waals surface area contributed by atoms with Crippen molar-refractivity contribution in [2.45, 2.75) is 26.3 Å². The summed E-state index contributed by atoms with van der Waals surface area (Å²) in [7, 11) is 0. The molecule has 3 heteroatoms. The fourth-order valence-corrected chi connectivity index (χ4v) is 3.73. The lowest BCUT2D eigenvalue weighted by Crippen LogP contribution is -2.28. The van der Waals surface area contributed by atoms with Crippen LogP contribution in [0.3, 0.4) is 0 Å². The van der Waals surface area contributed by atoms with Gasteiger partial charge in [0.2, 0.25) is 0 Å². The lowest BCUT2D eigenvalue weighted by Gasteiger charge is -2.37. The van der Waals surface area contributed by atoms with Gasteiger partial charge in [-0.15, -0.1) is 0 Å². The molecule has 0 radical (unpaired) electrons. The molecule has 0 N–H and O–H groups in total. The lowest BCUT2D eigenvalue weighted by molar-refractivity contribution is 0.420. The van der Waals surface area contributed by atoms with Crippen molar-refractivity contribution >= 4 is 23.4 Å². The molecule has 1 aromatic carbocycles. The molecule has 2 unspecified atom stereocenters. The summed E-state index contributed by atoms with van der Waals surface area (Å²) in [5.74, 6) is 0. The lowest BCUT2D eigenvalue weighted by atomic mass is 9.73. The first-order valence-corrected chi connectivity index (χ1v) is 8.69. The van der Waals surface area contributed by atoms with Crippen LogP contribution in [0.4, 0.5) is 0 Å². The van der Waals surface area contributed by atoms with Crippen molar-refractivity contribution in [3.63, 3.8) is 0 Å². The molecule has 2 aliphatic rings. The fraction of sp³-hybridized carbons (Fsp3) is 0.238. The number of hydrogen-bond acceptors (Lipinski definition) is 2. The molecular formula is C21H19ClN2. The van der Waals surface area contributed by atoms with E-state index in [0.29, 0.717) is 5.15 Å². The van der Waals surface area contributed by atoms with Gasteiger partial charge in [0.05, 0.1) is 11.4 Å². The van der Waals surface area contributed by atoms with Gasteiger partial charge in [0.1, 0.15) is 11.2 Å². The van der Waals surface area contributed by atoms with E-state index in [1.807, 2.05) is 24.3 Å². The SMILES string of the molecule is CCc1cc(Cl)nc2c1C=CC1(C)C=CC(c3ccccc3)=NC21. The average molecular weight is 335 g/mol. The summed E-state index contributed by atoms with van der Waals surface area (Å²) in [4.78, 5) is 9.71. The summed E-state index contributed by atoms with van der Waals surface area (Å²) in [5, 5.41) is 0.550. The second kappa shape index (κ2) is 5.71. The molecule has 2 nitrogen and oxygen atoms in total. The third-order valence-corrected chi connectivity index (χ3v) is 5.11. The molecule has 0 spiro atoms. The zero-order chi connectivity index (χ0) is 16.7. The number of allylic oxidation sites excluding steroid dienone is 1. The Kier molecular flexibility index (Phi) is 3.65. The molecule has 1 aliphatic heterocycles. The minimum Gasteiger partial charge on any atom is -0.274 e. The van der Waals surface area contributed by atoms with E-state index in [9.17, 15) is 0 Å². The van der Waals surface area contributed by atoms with Crippen molar-refractivity contribution < 1.29 is 0 Å². The summed E-state index contributed by atoms with van der Waals surface area (Å²) in [5.41, 5.74) is 5.37. The number of nitrogens with zero attached hydrogens (tertiary/aromatic N) is 2. The third-order valence-electron chi connectivity index (χ3n) is 4.92. The number of benzene rings is 1. The number of aliphatic imine (C=N–C) groups is 1. The van der Waals surface area contributed by atoms with E-state index in [2.05, 4.69) is 55.3 Å². The molecule has 0 saturated heterocycles. The second-order valence-corrected chi connectivity index (χ2v) is 6.96. The van der Waals surface area contributed by atoms with Gasteiger partial charge in [-0.25, -0.2) is 4.98 Å². The summed E-state index contributed by atoms with van der Waals surface area (Å²) in [6.45, 7) is 4.35. The molecule has 1 aromatic heterocycles. The van der Waals surface area contributed by atoms with Crippen molar-refractivity contribution in [2.24, 2.45) is 10.4 Å². The number of dihydropyridines is 1. The van der Waals surface area contributed by atoms with Gasteiger partial charge in [-0.3, -0.25) is 4.99 Å². The van der Waals surface area contributed by atoms with Crippen molar-refractivity contribution in [1.29, 1.82) is 0 Å². The Hall–Kier alpha value is -2.19. The first-order valence-electron chi connectivity index (χ1n) is 8.32. The van der Waals surface area contributed by atoms with E-state index in [4.69, 9.17) is 16.6 Å². The largest absolute Gasteiger partial charge is 0.274 e. The van der Waals surface area contributed by atoms with Gasteiger partial charge >= 0.3 is 0 Å². The van der Waals surface area contributed by atoms with Gasteiger partial charge in [-0.1, -0.05) is 74.0 Å². The molecule has 2 atom stereocenters. The van der Waals surface area contributed by atoms with Gasteiger partial charge in [-0.2, -0.15) is 0 Å². The van der Waals surface area contributed by atoms with Crippen molar-refractivity contribution in [1.82, 2.24) is 4.98 Å². The van der Waals surface area contributed by atoms with Crippen LogP contribution >= 0.6 is 11.6 Å². The number of rotatable bonds is 2. The highest BCUT2D eigenvalue weighted by atomic mass is 35.5. The smallest absolute Gasteiger partial charge is 0.129 e. The van der Waals surface area contributed by atoms with Crippen LogP contribution in [-0.2, 0) is 6.42 Å². The molecule has 4 rings (SSSR count). The maximum atomic E-state index is 6.29. The number of fused-ring (bicyclic) bond motifs is 3. The van der Waals surface area contributed by atoms with Gasteiger partial charge < -0.3 is 0 Å². The van der Waals surface area contributed by atoms with E-state index in [0.717, 1.165) is 23.4 Å². The topological polar surface area (TPSA) is 25.2 Å². The van der Waals surface area contributed by atoms with Crippen LogP contribution in [0.1, 0.15) is 42.3 Å². The molecule has 120 valence electrons. The number of halogens is 1. The van der Waals surface area contributed by atoms with E-state index < -0.39 is 0 Å². The molecule has 2 aromatic rings. The molecule has 0 amide bonds. The molecule has 24 heavy (non-hydrogen) atoms. The Labute approximate surface area is 147 Å². The molecule has 0 fully saturated rings. The minimum atomic E-state index is -0.159. The minimum absolute atomic E-state index is 0.0401. The number of hydrogen-bond donors (Lipinski definition) is 0. The molecule has 0 bridgehead atoms. The number of aryl methyl sites for hydroxylation is 1. The van der Waals surface area contributed by atoms with Gasteiger partial charge in [0.25, 0.3) is 0 Å². The first kappa shape index (κ1) is 15.3. The molecule has 1 aliphatic carbocycles. The summed E-state index contributed by atoms with van der Waals surface area (Å²) in [6, 6.07) is 12.2. The Bertz CT molecular complexity index is 880. The number of aromatic nitrogens is 1. The van der Waals surface area contributed by atoms with E-state index >= 15 is 0 Å². The monoisotopic (exact) mass is 334 g/mol. The van der Waals surface area contributed by atoms with E-state index in [1.165, 1.54) is 11.1 Å². The van der Waals surface area contributed by atoms with Crippen LogP contribution in [0.2, 0.25) is 5.15 Å². The van der Waals surface area contributed by atoms with Crippen molar-refractivity contribution in [3.05, 3.63) is 82.2 Å². The number of pyridine rings is 1. The highest BCUT2D eigenvalue weighted by Gasteiger charge is 2.38. The third kappa shape index (κ3) is 2.42. The van der Waals surface area contributed by atoms with Crippen LogP contribution in [0.5, 0.6) is 0 Å². The zero-order valence-electron chi connectivity index (χ0n) is 13.8. The Balaban J connectivity index is 1.88. The van der Waals surface area contributed by atoms with Crippen LogP contribution < -0.4 is 0 Å².